The molecule has 8 nitrogen and oxygen atoms in total. The van der Waals surface area contributed by atoms with Gasteiger partial charge in [0.15, 0.2) is 15.5 Å². The number of rotatable bonds is 6. The number of carbonyl (C=O) groups is 1. The summed E-state index contributed by atoms with van der Waals surface area (Å²) >= 11 is 0. The molecule has 0 fully saturated rings. The zero-order chi connectivity index (χ0) is 23.7. The molecule has 5 rings (SSSR count). The van der Waals surface area contributed by atoms with Crippen LogP contribution in [-0.4, -0.2) is 35.3 Å². The quantitative estimate of drug-likeness (QED) is 0.393. The first-order chi connectivity index (χ1) is 16.4. The Morgan fingerprint density at radius 3 is 2.59 bits per heavy atom. The number of fused-ring (bicyclic) bond motifs is 1. The zero-order valence-electron chi connectivity index (χ0n) is 18.2. The van der Waals surface area contributed by atoms with Crippen LogP contribution in [-0.2, 0) is 16.4 Å². The van der Waals surface area contributed by atoms with Crippen LogP contribution in [0.5, 0.6) is 0 Å². The molecule has 2 aromatic carbocycles. The minimum absolute atomic E-state index is 0.126. The number of hydrogen-bond donors (Lipinski definition) is 1. The minimum atomic E-state index is -3.41. The lowest BCUT2D eigenvalue weighted by Gasteiger charge is -2.10. The summed E-state index contributed by atoms with van der Waals surface area (Å²) in [6.07, 6.45) is 4.31. The van der Waals surface area contributed by atoms with Crippen molar-refractivity contribution in [1.29, 1.82) is 0 Å². The minimum Gasteiger partial charge on any atom is -0.467 e. The average molecular weight is 473 g/mol. The van der Waals surface area contributed by atoms with Crippen molar-refractivity contribution in [3.63, 3.8) is 0 Å². The van der Waals surface area contributed by atoms with Gasteiger partial charge in [0.25, 0.3) is 5.91 Å². The Morgan fingerprint density at radius 1 is 1.03 bits per heavy atom. The van der Waals surface area contributed by atoms with Gasteiger partial charge >= 0.3 is 0 Å². The van der Waals surface area contributed by atoms with Crippen molar-refractivity contribution < 1.29 is 17.6 Å². The lowest BCUT2D eigenvalue weighted by Crippen LogP contribution is -2.13. The molecule has 0 unspecified atom stereocenters. The van der Waals surface area contributed by atoms with Crippen molar-refractivity contribution in [2.75, 3.05) is 11.6 Å². The third-order valence-electron chi connectivity index (χ3n) is 5.33. The molecular formula is C25H20N4O4S. The summed E-state index contributed by atoms with van der Waals surface area (Å²) in [5.74, 6) is 0.313. The molecule has 3 heterocycles. The molecule has 3 aromatic heterocycles. The molecule has 0 saturated carbocycles. The number of pyridine rings is 1. The van der Waals surface area contributed by atoms with Gasteiger partial charge in [0.05, 0.1) is 34.0 Å². The van der Waals surface area contributed by atoms with Crippen molar-refractivity contribution in [3.8, 4) is 11.3 Å². The van der Waals surface area contributed by atoms with E-state index in [9.17, 15) is 13.2 Å². The highest BCUT2D eigenvalue weighted by Crippen LogP contribution is 2.26. The van der Waals surface area contributed by atoms with Crippen LogP contribution in [0.4, 0.5) is 5.69 Å². The Bertz CT molecular complexity index is 1590. The van der Waals surface area contributed by atoms with Crippen LogP contribution in [0.15, 0.2) is 94.6 Å². The summed E-state index contributed by atoms with van der Waals surface area (Å²) < 4.78 is 31.0. The van der Waals surface area contributed by atoms with Crippen molar-refractivity contribution >= 4 is 32.5 Å². The van der Waals surface area contributed by atoms with E-state index in [0.29, 0.717) is 40.3 Å². The standard InChI is InChI=1S/C25H20N4O4S/c1-34(31,32)20-11-5-9-18(13-20)27-25(30)21-14-23(17-7-3-2-4-8-17)28-24-22(21)15-26-29(24)16-19-10-6-12-33-19/h2-15H,16H2,1H3,(H,27,30). The molecule has 0 atom stereocenters. The number of nitrogens with zero attached hydrogens (tertiary/aromatic N) is 3. The number of nitrogens with one attached hydrogen (secondary N) is 1. The summed E-state index contributed by atoms with van der Waals surface area (Å²) in [5, 5.41) is 7.82. The van der Waals surface area contributed by atoms with Gasteiger partial charge in [-0.25, -0.2) is 18.1 Å². The van der Waals surface area contributed by atoms with Crippen molar-refractivity contribution in [2.45, 2.75) is 11.4 Å². The fraction of sp³-hybridized carbons (Fsp3) is 0.0800. The SMILES string of the molecule is CS(=O)(=O)c1cccc(NC(=O)c2cc(-c3ccccc3)nc3c2cnn3Cc2ccco2)c1. The van der Waals surface area contributed by atoms with E-state index in [1.54, 1.807) is 41.4 Å². The number of carbonyl (C=O) groups excluding carboxylic acids is 1. The molecule has 9 heteroatoms. The third-order valence-corrected chi connectivity index (χ3v) is 6.44. The molecule has 0 bridgehead atoms. The number of benzene rings is 2. The van der Waals surface area contributed by atoms with Crippen LogP contribution in [0.2, 0.25) is 0 Å². The second-order valence-electron chi connectivity index (χ2n) is 7.79. The number of hydrogen-bond acceptors (Lipinski definition) is 6. The topological polar surface area (TPSA) is 107 Å². The first-order valence-corrected chi connectivity index (χ1v) is 12.3. The largest absolute Gasteiger partial charge is 0.467 e. The van der Waals surface area contributed by atoms with Gasteiger partial charge < -0.3 is 9.73 Å². The fourth-order valence-corrected chi connectivity index (χ4v) is 4.33. The van der Waals surface area contributed by atoms with E-state index in [2.05, 4.69) is 10.4 Å². The molecule has 34 heavy (non-hydrogen) atoms. The first-order valence-electron chi connectivity index (χ1n) is 10.4. The van der Waals surface area contributed by atoms with Crippen LogP contribution in [0.25, 0.3) is 22.3 Å². The molecule has 5 aromatic rings. The highest BCUT2D eigenvalue weighted by Gasteiger charge is 2.19. The molecule has 1 N–H and O–H groups in total. The van der Waals surface area contributed by atoms with Gasteiger partial charge in [-0.3, -0.25) is 4.79 Å². The Kier molecular flexibility index (Phi) is 5.46. The monoisotopic (exact) mass is 472 g/mol. The van der Waals surface area contributed by atoms with E-state index in [1.165, 1.54) is 12.1 Å². The van der Waals surface area contributed by atoms with Gasteiger partial charge in [0.2, 0.25) is 0 Å². The lowest BCUT2D eigenvalue weighted by atomic mass is 10.1. The summed E-state index contributed by atoms with van der Waals surface area (Å²) in [6, 6.07) is 21.1. The summed E-state index contributed by atoms with van der Waals surface area (Å²) in [6.45, 7) is 0.360. The molecule has 0 aliphatic carbocycles. The molecule has 0 aliphatic rings. The van der Waals surface area contributed by atoms with Gasteiger partial charge in [0, 0.05) is 17.5 Å². The number of aromatic nitrogens is 3. The van der Waals surface area contributed by atoms with Crippen LogP contribution in [0.1, 0.15) is 16.1 Å². The molecular weight excluding hydrogens is 452 g/mol. The van der Waals surface area contributed by atoms with Crippen LogP contribution in [0.3, 0.4) is 0 Å². The zero-order valence-corrected chi connectivity index (χ0v) is 19.0. The van der Waals surface area contributed by atoms with E-state index >= 15 is 0 Å². The first kappa shape index (κ1) is 21.6. The normalized spacial score (nSPS) is 11.6. The fourth-order valence-electron chi connectivity index (χ4n) is 3.66. The van der Waals surface area contributed by atoms with Gasteiger partial charge in [-0.1, -0.05) is 36.4 Å². The second-order valence-corrected chi connectivity index (χ2v) is 9.81. The average Bonchev–Trinajstić information content (AvgIpc) is 3.49. The maximum Gasteiger partial charge on any atom is 0.256 e. The van der Waals surface area contributed by atoms with Crippen LogP contribution >= 0.6 is 0 Å². The molecule has 0 saturated heterocycles. The van der Waals surface area contributed by atoms with Gasteiger partial charge in [-0.05, 0) is 36.4 Å². The van der Waals surface area contributed by atoms with Crippen molar-refractivity contribution in [3.05, 3.63) is 96.6 Å². The number of sulfone groups is 1. The second kappa shape index (κ2) is 8.60. The molecule has 1 amide bonds. The predicted octanol–water partition coefficient (Wildman–Crippen LogP) is 4.40. The summed E-state index contributed by atoms with van der Waals surface area (Å²) in [7, 11) is -3.41. The van der Waals surface area contributed by atoms with Crippen molar-refractivity contribution in [2.24, 2.45) is 0 Å². The van der Waals surface area contributed by atoms with E-state index < -0.39 is 15.7 Å². The van der Waals surface area contributed by atoms with E-state index in [0.717, 1.165) is 11.8 Å². The molecule has 170 valence electrons. The van der Waals surface area contributed by atoms with E-state index in [1.807, 2.05) is 36.4 Å². The van der Waals surface area contributed by atoms with Gasteiger partial charge in [-0.15, -0.1) is 0 Å². The highest BCUT2D eigenvalue weighted by atomic mass is 32.2. The molecule has 0 spiro atoms. The number of furan rings is 1. The third kappa shape index (κ3) is 4.33. The summed E-state index contributed by atoms with van der Waals surface area (Å²) in [5.41, 5.74) is 2.75. The Morgan fingerprint density at radius 2 is 1.85 bits per heavy atom. The van der Waals surface area contributed by atoms with Crippen molar-refractivity contribution in [1.82, 2.24) is 14.8 Å². The van der Waals surface area contributed by atoms with Gasteiger partial charge in [-0.2, -0.15) is 5.10 Å². The predicted molar refractivity (Wildman–Crippen MR) is 128 cm³/mol. The maximum absolute atomic E-state index is 13.4. The van der Waals surface area contributed by atoms with Crippen LogP contribution < -0.4 is 5.32 Å². The lowest BCUT2D eigenvalue weighted by molar-refractivity contribution is 0.102. The Hall–Kier alpha value is -4.24. The number of amides is 1. The highest BCUT2D eigenvalue weighted by molar-refractivity contribution is 7.90. The van der Waals surface area contributed by atoms with E-state index in [-0.39, 0.29) is 4.90 Å². The van der Waals surface area contributed by atoms with Gasteiger partial charge in [0.1, 0.15) is 12.3 Å². The summed E-state index contributed by atoms with van der Waals surface area (Å²) in [4.78, 5) is 18.3. The Labute approximate surface area is 195 Å². The Balaban J connectivity index is 1.59. The van der Waals surface area contributed by atoms with Crippen LogP contribution in [0, 0.1) is 0 Å². The van der Waals surface area contributed by atoms with E-state index in [4.69, 9.17) is 9.40 Å². The maximum atomic E-state index is 13.4. The number of anilines is 1. The smallest absolute Gasteiger partial charge is 0.256 e. The molecule has 0 radical (unpaired) electrons. The molecule has 0 aliphatic heterocycles.